The molecule has 0 aliphatic carbocycles. The molecule has 166 valence electrons. The molecule has 1 aromatic carbocycles. The standard InChI is InChI=1S/C21H26FN5O3S/c1-14(12-19(29)27-8-6-26(2)7-9-27)11-18(28)24-17-4-3-15(13-16(17)22)20(30)25-21-23-5-10-31-21/h3-5,10,13-14H,6-9,11-12H2,1-2H3,(H,24,28)(H,23,25,30)/t14-/m1/s1. The number of carbonyl (C=O) groups is 3. The summed E-state index contributed by atoms with van der Waals surface area (Å²) in [5, 5.41) is 7.24. The number of amides is 3. The quantitative estimate of drug-likeness (QED) is 0.681. The molecule has 1 aliphatic rings. The van der Waals surface area contributed by atoms with E-state index in [1.807, 2.05) is 18.9 Å². The number of benzene rings is 1. The number of thiazole rings is 1. The van der Waals surface area contributed by atoms with E-state index in [-0.39, 0.29) is 41.8 Å². The Morgan fingerprint density at radius 3 is 2.55 bits per heavy atom. The van der Waals surface area contributed by atoms with E-state index in [1.165, 1.54) is 23.5 Å². The van der Waals surface area contributed by atoms with Gasteiger partial charge in [-0.3, -0.25) is 19.7 Å². The van der Waals surface area contributed by atoms with Crippen molar-refractivity contribution in [1.29, 1.82) is 0 Å². The third-order valence-corrected chi connectivity index (χ3v) is 5.76. The molecule has 1 fully saturated rings. The molecule has 0 unspecified atom stereocenters. The molecule has 2 aromatic rings. The Balaban J connectivity index is 1.49. The number of carbonyl (C=O) groups excluding carboxylic acids is 3. The highest BCUT2D eigenvalue weighted by molar-refractivity contribution is 7.13. The number of halogens is 1. The summed E-state index contributed by atoms with van der Waals surface area (Å²) in [5.74, 6) is -1.70. The van der Waals surface area contributed by atoms with Crippen LogP contribution in [-0.4, -0.2) is 65.7 Å². The topological polar surface area (TPSA) is 94.6 Å². The van der Waals surface area contributed by atoms with Crippen molar-refractivity contribution < 1.29 is 18.8 Å². The second-order valence-corrected chi connectivity index (χ2v) is 8.63. The first-order valence-electron chi connectivity index (χ1n) is 10.1. The first-order chi connectivity index (χ1) is 14.8. The number of nitrogens with one attached hydrogen (secondary N) is 2. The van der Waals surface area contributed by atoms with Gasteiger partial charge in [0.1, 0.15) is 5.82 Å². The van der Waals surface area contributed by atoms with Gasteiger partial charge >= 0.3 is 0 Å². The van der Waals surface area contributed by atoms with Gasteiger partial charge in [0.15, 0.2) is 5.13 Å². The summed E-state index contributed by atoms with van der Waals surface area (Å²) < 4.78 is 14.4. The zero-order chi connectivity index (χ0) is 22.4. The third kappa shape index (κ3) is 6.56. The highest BCUT2D eigenvalue weighted by atomic mass is 32.1. The van der Waals surface area contributed by atoms with Crippen LogP contribution < -0.4 is 10.6 Å². The van der Waals surface area contributed by atoms with Crippen molar-refractivity contribution >= 4 is 39.9 Å². The first kappa shape index (κ1) is 22.8. The lowest BCUT2D eigenvalue weighted by Gasteiger charge is -2.33. The summed E-state index contributed by atoms with van der Waals surface area (Å²) in [6, 6.07) is 3.85. The Hall–Kier alpha value is -2.85. The monoisotopic (exact) mass is 447 g/mol. The van der Waals surface area contributed by atoms with Crippen molar-refractivity contribution in [2.75, 3.05) is 43.9 Å². The molecule has 31 heavy (non-hydrogen) atoms. The minimum absolute atomic E-state index is 0.00612. The number of aromatic nitrogens is 1. The number of likely N-dealkylation sites (N-methyl/N-ethyl adjacent to an activating group) is 1. The average Bonchev–Trinajstić information content (AvgIpc) is 3.22. The Morgan fingerprint density at radius 1 is 1.16 bits per heavy atom. The second-order valence-electron chi connectivity index (χ2n) is 7.73. The molecule has 0 radical (unpaired) electrons. The van der Waals surface area contributed by atoms with Gasteiger partial charge in [-0.1, -0.05) is 6.92 Å². The van der Waals surface area contributed by atoms with E-state index in [4.69, 9.17) is 0 Å². The van der Waals surface area contributed by atoms with Crippen LogP contribution in [0.5, 0.6) is 0 Å². The minimum atomic E-state index is -0.707. The van der Waals surface area contributed by atoms with Gasteiger partial charge in [0.25, 0.3) is 5.91 Å². The molecule has 2 N–H and O–H groups in total. The average molecular weight is 448 g/mol. The molecule has 0 spiro atoms. The van der Waals surface area contributed by atoms with Gasteiger partial charge in [0, 0.05) is 56.2 Å². The molecule has 1 aliphatic heterocycles. The molecular formula is C21H26FN5O3S. The summed E-state index contributed by atoms with van der Waals surface area (Å²) in [6.07, 6.45) is 1.93. The molecule has 0 saturated carbocycles. The fourth-order valence-electron chi connectivity index (χ4n) is 3.29. The number of rotatable bonds is 7. The van der Waals surface area contributed by atoms with Gasteiger partial charge in [-0.05, 0) is 31.2 Å². The Bertz CT molecular complexity index is 929. The second kappa shape index (κ2) is 10.5. The van der Waals surface area contributed by atoms with Crippen LogP contribution in [-0.2, 0) is 9.59 Å². The predicted molar refractivity (Wildman–Crippen MR) is 118 cm³/mol. The predicted octanol–water partition coefficient (Wildman–Crippen LogP) is 2.66. The zero-order valence-electron chi connectivity index (χ0n) is 17.6. The Labute approximate surface area is 184 Å². The highest BCUT2D eigenvalue weighted by Crippen LogP contribution is 2.19. The molecule has 8 nitrogen and oxygen atoms in total. The van der Waals surface area contributed by atoms with Crippen molar-refractivity contribution in [3.05, 3.63) is 41.2 Å². The maximum Gasteiger partial charge on any atom is 0.257 e. The number of anilines is 2. The van der Waals surface area contributed by atoms with Gasteiger partial charge in [-0.25, -0.2) is 9.37 Å². The molecular weight excluding hydrogens is 421 g/mol. The lowest BCUT2D eigenvalue weighted by molar-refractivity contribution is -0.133. The Kier molecular flexibility index (Phi) is 7.69. The van der Waals surface area contributed by atoms with Crippen molar-refractivity contribution in [2.45, 2.75) is 19.8 Å². The van der Waals surface area contributed by atoms with Gasteiger partial charge < -0.3 is 15.1 Å². The van der Waals surface area contributed by atoms with Crippen molar-refractivity contribution in [3.63, 3.8) is 0 Å². The van der Waals surface area contributed by atoms with Gasteiger partial charge in [-0.2, -0.15) is 0 Å². The molecule has 10 heteroatoms. The van der Waals surface area contributed by atoms with Crippen LogP contribution in [0.15, 0.2) is 29.8 Å². The van der Waals surface area contributed by atoms with Crippen LogP contribution in [0, 0.1) is 11.7 Å². The van der Waals surface area contributed by atoms with Crippen LogP contribution >= 0.6 is 11.3 Å². The summed E-state index contributed by atoms with van der Waals surface area (Å²) in [7, 11) is 2.02. The van der Waals surface area contributed by atoms with Crippen molar-refractivity contribution in [3.8, 4) is 0 Å². The smallest absolute Gasteiger partial charge is 0.257 e. The van der Waals surface area contributed by atoms with Gasteiger partial charge in [0.05, 0.1) is 5.69 Å². The van der Waals surface area contributed by atoms with E-state index in [0.29, 0.717) is 18.2 Å². The first-order valence-corrected chi connectivity index (χ1v) is 11.0. The normalized spacial score (nSPS) is 15.4. The number of hydrogen-bond donors (Lipinski definition) is 2. The largest absolute Gasteiger partial charge is 0.340 e. The molecule has 1 aromatic heterocycles. The van der Waals surface area contributed by atoms with E-state index in [2.05, 4.69) is 20.5 Å². The summed E-state index contributed by atoms with van der Waals surface area (Å²) in [5.41, 5.74) is 0.116. The maximum absolute atomic E-state index is 14.4. The number of nitrogens with zero attached hydrogens (tertiary/aromatic N) is 3. The minimum Gasteiger partial charge on any atom is -0.340 e. The van der Waals surface area contributed by atoms with Crippen LogP contribution in [0.1, 0.15) is 30.1 Å². The van der Waals surface area contributed by atoms with Gasteiger partial charge in [0.2, 0.25) is 11.8 Å². The fraction of sp³-hybridized carbons (Fsp3) is 0.429. The van der Waals surface area contributed by atoms with E-state index >= 15 is 0 Å². The Morgan fingerprint density at radius 2 is 1.90 bits per heavy atom. The van der Waals surface area contributed by atoms with Gasteiger partial charge in [-0.15, -0.1) is 11.3 Å². The molecule has 1 saturated heterocycles. The van der Waals surface area contributed by atoms with Crippen molar-refractivity contribution in [2.24, 2.45) is 5.92 Å². The summed E-state index contributed by atoms with van der Waals surface area (Å²) in [6.45, 7) is 4.91. The fourth-order valence-corrected chi connectivity index (χ4v) is 3.81. The molecule has 3 amide bonds. The maximum atomic E-state index is 14.4. The molecule has 2 heterocycles. The molecule has 3 rings (SSSR count). The number of hydrogen-bond acceptors (Lipinski definition) is 6. The van der Waals surface area contributed by atoms with Crippen LogP contribution in [0.25, 0.3) is 0 Å². The van der Waals surface area contributed by atoms with E-state index in [0.717, 1.165) is 19.2 Å². The lowest BCUT2D eigenvalue weighted by Crippen LogP contribution is -2.47. The van der Waals surface area contributed by atoms with Crippen LogP contribution in [0.4, 0.5) is 15.2 Å². The number of piperazine rings is 1. The van der Waals surface area contributed by atoms with E-state index in [1.54, 1.807) is 11.6 Å². The molecule has 1 atom stereocenters. The molecule has 0 bridgehead atoms. The van der Waals surface area contributed by atoms with Crippen LogP contribution in [0.2, 0.25) is 0 Å². The van der Waals surface area contributed by atoms with E-state index < -0.39 is 11.7 Å². The highest BCUT2D eigenvalue weighted by Gasteiger charge is 2.22. The van der Waals surface area contributed by atoms with E-state index in [9.17, 15) is 18.8 Å². The SMILES string of the molecule is C[C@H](CC(=O)Nc1ccc(C(=O)Nc2nccs2)cc1F)CC(=O)N1CCN(C)CC1. The summed E-state index contributed by atoms with van der Waals surface area (Å²) in [4.78, 5) is 44.8. The lowest BCUT2D eigenvalue weighted by atomic mass is 10.0. The van der Waals surface area contributed by atoms with Crippen LogP contribution in [0.3, 0.4) is 0 Å². The van der Waals surface area contributed by atoms with Crippen molar-refractivity contribution in [1.82, 2.24) is 14.8 Å². The third-order valence-electron chi connectivity index (χ3n) is 5.07. The summed E-state index contributed by atoms with van der Waals surface area (Å²) >= 11 is 1.26. The zero-order valence-corrected chi connectivity index (χ0v) is 18.4.